The summed E-state index contributed by atoms with van der Waals surface area (Å²) >= 11 is 25.1. The van der Waals surface area contributed by atoms with Crippen LogP contribution in [0.1, 0.15) is 23.2 Å². The van der Waals surface area contributed by atoms with Crippen LogP contribution in [0, 0.1) is 0 Å². The van der Waals surface area contributed by atoms with E-state index in [-0.39, 0.29) is 45.0 Å². The number of hydrogen-bond donors (Lipinski definition) is 4. The molecule has 0 saturated heterocycles. The zero-order valence-corrected chi connectivity index (χ0v) is 19.6. The minimum atomic E-state index is -0.393. The van der Waals surface area contributed by atoms with Crippen molar-refractivity contribution in [3.63, 3.8) is 0 Å². The van der Waals surface area contributed by atoms with Crippen molar-refractivity contribution < 1.29 is 43.7 Å². The normalized spacial score (nSPS) is 12.7. The van der Waals surface area contributed by atoms with E-state index >= 15 is 0 Å². The van der Waals surface area contributed by atoms with Crippen molar-refractivity contribution >= 4 is 46.4 Å². The van der Waals surface area contributed by atoms with E-state index in [9.17, 15) is 10.2 Å². The van der Waals surface area contributed by atoms with Crippen molar-refractivity contribution in [1.29, 1.82) is 0 Å². The fourth-order valence-electron chi connectivity index (χ4n) is 2.69. The average Bonchev–Trinajstić information content (AvgIpc) is 2.46. The van der Waals surface area contributed by atoms with Crippen LogP contribution in [0.15, 0.2) is 24.3 Å². The molecule has 0 spiro atoms. The fourth-order valence-corrected chi connectivity index (χ4v) is 4.11. The van der Waals surface area contributed by atoms with Gasteiger partial charge in [0.2, 0.25) is 0 Å². The first-order valence-corrected chi connectivity index (χ1v) is 8.51. The van der Waals surface area contributed by atoms with Gasteiger partial charge in [0.1, 0.15) is 11.5 Å². The first kappa shape index (κ1) is 26.1. The molecule has 0 radical (unpaired) electrons. The molecule has 10 heteroatoms. The van der Waals surface area contributed by atoms with E-state index in [1.54, 1.807) is 14.1 Å². The van der Waals surface area contributed by atoms with Gasteiger partial charge in [-0.15, -0.1) is 0 Å². The Kier molecular flexibility index (Phi) is 11.2. The van der Waals surface area contributed by atoms with Gasteiger partial charge in [-0.3, -0.25) is 0 Å². The van der Waals surface area contributed by atoms with Gasteiger partial charge in [-0.1, -0.05) is 46.4 Å². The van der Waals surface area contributed by atoms with Crippen LogP contribution in [0.3, 0.4) is 0 Å². The predicted molar refractivity (Wildman–Crippen MR) is 99.9 cm³/mol. The summed E-state index contributed by atoms with van der Waals surface area (Å²) in [6, 6.07) is 4.88. The van der Waals surface area contributed by atoms with Gasteiger partial charge in [0, 0.05) is 11.1 Å². The number of hydrogen-bond acceptors (Lipinski definition) is 4. The number of benzene rings is 2. The number of aromatic hydroxyl groups is 2. The molecule has 2 unspecified atom stereocenters. The quantitative estimate of drug-likeness (QED) is 0.404. The van der Waals surface area contributed by atoms with Crippen molar-refractivity contribution in [3.05, 3.63) is 55.5 Å². The maximum absolute atomic E-state index is 9.63. The summed E-state index contributed by atoms with van der Waals surface area (Å²) in [6.07, 6.45) is 0. The molecule has 2 aromatic carbocycles. The molecular formula is C16H16Cl5N2O2Pt+. The fraction of sp³-hybridized carbons (Fsp3) is 0.250. The molecule has 2 rings (SSSR count). The molecule has 4 N–H and O–H groups in total. The van der Waals surface area contributed by atoms with Gasteiger partial charge >= 0.3 is 21.1 Å². The van der Waals surface area contributed by atoms with E-state index in [4.69, 9.17) is 46.4 Å². The van der Waals surface area contributed by atoms with Gasteiger partial charge < -0.3 is 33.3 Å². The number of likely N-dealkylation sites (N-methyl/N-ethyl adjacent to an activating group) is 2. The van der Waals surface area contributed by atoms with Crippen molar-refractivity contribution in [3.8, 4) is 11.5 Å². The minimum Gasteiger partial charge on any atom is -1.00 e. The van der Waals surface area contributed by atoms with Crippen molar-refractivity contribution in [2.24, 2.45) is 0 Å². The topological polar surface area (TPSA) is 64.5 Å². The van der Waals surface area contributed by atoms with Crippen LogP contribution in [-0.2, 0) is 21.1 Å². The van der Waals surface area contributed by atoms with Crippen LogP contribution < -0.4 is 23.0 Å². The standard InChI is InChI=1S/C16H16Cl4N2O2.ClH.Pt/c1-21-15(13-9(17)3-7(23)4-10(13)18)16(22-2)14-11(19)5-8(24)6-12(14)20;;/h3-6,15-16,21-24H,1-2H3;1H;/q;;+2/p-1. The summed E-state index contributed by atoms with van der Waals surface area (Å²) < 4.78 is 0. The molecule has 0 heterocycles. The van der Waals surface area contributed by atoms with Crippen molar-refractivity contribution in [2.75, 3.05) is 14.1 Å². The maximum Gasteiger partial charge on any atom is 2.00 e. The third-order valence-corrected chi connectivity index (χ3v) is 4.96. The molecule has 0 fully saturated rings. The van der Waals surface area contributed by atoms with E-state index in [1.165, 1.54) is 24.3 Å². The first-order chi connectivity index (χ1) is 11.3. The second kappa shape index (κ2) is 11.2. The van der Waals surface area contributed by atoms with Gasteiger partial charge in [0.15, 0.2) is 0 Å². The number of halogens is 5. The second-order valence-corrected chi connectivity index (χ2v) is 6.81. The van der Waals surface area contributed by atoms with Crippen LogP contribution in [0.2, 0.25) is 20.1 Å². The van der Waals surface area contributed by atoms with E-state index in [1.807, 2.05) is 0 Å². The predicted octanol–water partition coefficient (Wildman–Crippen LogP) is 1.93. The molecule has 2 atom stereocenters. The Labute approximate surface area is 192 Å². The first-order valence-electron chi connectivity index (χ1n) is 7.00. The Bertz CT molecular complexity index is 654. The summed E-state index contributed by atoms with van der Waals surface area (Å²) in [6.45, 7) is 0. The SMILES string of the molecule is CNC(c1c(Cl)cc(O)cc1Cl)C(NC)c1c(Cl)cc(O)cc1Cl.[Cl-].[Pt+2]. The zero-order chi connectivity index (χ0) is 18.0. The van der Waals surface area contributed by atoms with E-state index in [0.29, 0.717) is 31.2 Å². The maximum atomic E-state index is 9.63. The van der Waals surface area contributed by atoms with Gasteiger partial charge in [-0.05, 0) is 38.4 Å². The number of phenolic OH excluding ortho intramolecular Hbond substituents is 2. The molecule has 0 aliphatic heterocycles. The summed E-state index contributed by atoms with van der Waals surface area (Å²) in [5.74, 6) is -0.0457. The van der Waals surface area contributed by atoms with Crippen molar-refractivity contribution in [2.45, 2.75) is 12.1 Å². The Morgan fingerprint density at radius 2 is 0.923 bits per heavy atom. The van der Waals surface area contributed by atoms with E-state index in [2.05, 4.69) is 10.6 Å². The van der Waals surface area contributed by atoms with Gasteiger partial charge in [0.25, 0.3) is 0 Å². The Morgan fingerprint density at radius 1 is 0.692 bits per heavy atom. The average molecular weight is 641 g/mol. The van der Waals surface area contributed by atoms with Crippen LogP contribution in [0.4, 0.5) is 0 Å². The number of nitrogens with one attached hydrogen (secondary N) is 2. The molecule has 0 amide bonds. The largest absolute Gasteiger partial charge is 2.00 e. The third kappa shape index (κ3) is 5.56. The molecule has 4 nitrogen and oxygen atoms in total. The van der Waals surface area contributed by atoms with Crippen LogP contribution in [-0.4, -0.2) is 24.3 Å². The van der Waals surface area contributed by atoms with Gasteiger partial charge in [0.05, 0.1) is 32.2 Å². The molecule has 0 aliphatic rings. The van der Waals surface area contributed by atoms with Crippen LogP contribution in [0.5, 0.6) is 11.5 Å². The van der Waals surface area contributed by atoms with E-state index in [0.717, 1.165) is 0 Å². The summed E-state index contributed by atoms with van der Waals surface area (Å²) in [5.41, 5.74) is 1.19. The van der Waals surface area contributed by atoms with Gasteiger partial charge in [-0.2, -0.15) is 0 Å². The smallest absolute Gasteiger partial charge is 1.00 e. The molecular weight excluding hydrogens is 625 g/mol. The molecule has 0 aromatic heterocycles. The molecule has 0 saturated carbocycles. The number of rotatable bonds is 5. The summed E-state index contributed by atoms with van der Waals surface area (Å²) in [7, 11) is 3.49. The monoisotopic (exact) mass is 638 g/mol. The molecule has 0 bridgehead atoms. The summed E-state index contributed by atoms with van der Waals surface area (Å²) in [4.78, 5) is 0. The minimum absolute atomic E-state index is 0. The second-order valence-electron chi connectivity index (χ2n) is 5.18. The number of phenols is 2. The Hall–Kier alpha value is 0.0983. The van der Waals surface area contributed by atoms with Crippen molar-refractivity contribution in [1.82, 2.24) is 10.6 Å². The van der Waals surface area contributed by atoms with Crippen LogP contribution in [0.25, 0.3) is 0 Å². The van der Waals surface area contributed by atoms with Crippen LogP contribution >= 0.6 is 46.4 Å². The Morgan fingerprint density at radius 3 is 1.12 bits per heavy atom. The molecule has 2 aromatic rings. The Balaban J connectivity index is 0.00000312. The summed E-state index contributed by atoms with van der Waals surface area (Å²) in [5, 5.41) is 26.8. The third-order valence-electron chi connectivity index (χ3n) is 3.70. The molecule has 26 heavy (non-hydrogen) atoms. The molecule has 0 aliphatic carbocycles. The van der Waals surface area contributed by atoms with Gasteiger partial charge in [-0.25, -0.2) is 0 Å². The molecule has 146 valence electrons. The van der Waals surface area contributed by atoms with E-state index < -0.39 is 12.1 Å². The zero-order valence-electron chi connectivity index (χ0n) is 13.6.